The maximum atomic E-state index is 2.42. The van der Waals surface area contributed by atoms with Crippen LogP contribution in [0.2, 0.25) is 0 Å². The normalized spacial score (nSPS) is 11.9. The number of aryl methyl sites for hydroxylation is 6. The van der Waals surface area contributed by atoms with E-state index in [9.17, 15) is 0 Å². The second-order valence-electron chi connectivity index (χ2n) is 10.2. The predicted octanol–water partition coefficient (Wildman–Crippen LogP) is 5.98. The van der Waals surface area contributed by atoms with Crippen LogP contribution in [0.15, 0.2) is 48.5 Å². The molecule has 3 rings (SSSR count). The van der Waals surface area contributed by atoms with Crippen LogP contribution in [0.5, 0.6) is 0 Å². The van der Waals surface area contributed by atoms with E-state index in [4.69, 9.17) is 0 Å². The summed E-state index contributed by atoms with van der Waals surface area (Å²) in [6.07, 6.45) is 0. The minimum Gasteiger partial charge on any atom is -0.227 e. The van der Waals surface area contributed by atoms with E-state index in [0.29, 0.717) is 11.3 Å². The fourth-order valence-electron chi connectivity index (χ4n) is 5.87. The summed E-state index contributed by atoms with van der Waals surface area (Å²) in [6, 6.07) is 18.8. The minimum atomic E-state index is -0.259. The first kappa shape index (κ1) is 24.8. The summed E-state index contributed by atoms with van der Waals surface area (Å²) in [6.45, 7) is 23.5. The summed E-state index contributed by atoms with van der Waals surface area (Å²) in [5, 5.41) is 1.58. The molecular weight excluding hydrogens is 402 g/mol. The first-order valence-electron chi connectivity index (χ1n) is 12.1. The molecule has 0 amide bonds. The van der Waals surface area contributed by atoms with E-state index in [2.05, 4.69) is 118 Å². The molecule has 0 saturated carbocycles. The topological polar surface area (TPSA) is 0 Å². The zero-order chi connectivity index (χ0) is 23.7. The maximum absolute atomic E-state index is 2.42. The Kier molecular flexibility index (Phi) is 7.72. The number of hydrogen-bond donors (Lipinski definition) is 0. The van der Waals surface area contributed by atoms with Crippen molar-refractivity contribution < 1.29 is 0 Å². The van der Waals surface area contributed by atoms with Crippen molar-refractivity contribution in [1.29, 1.82) is 0 Å². The molecule has 0 nitrogen and oxygen atoms in total. The van der Waals surface area contributed by atoms with E-state index in [1.165, 1.54) is 49.8 Å². The average Bonchev–Trinajstić information content (AvgIpc) is 2.65. The fourth-order valence-corrected chi connectivity index (χ4v) is 8.93. The predicted molar refractivity (Wildman–Crippen MR) is 149 cm³/mol. The molecule has 3 aromatic carbocycles. The Morgan fingerprint density at radius 3 is 1.34 bits per heavy atom. The Hall–Kier alpha value is -1.85. The number of benzene rings is 3. The molecule has 0 aliphatic carbocycles. The van der Waals surface area contributed by atoms with Crippen LogP contribution in [-0.4, -0.2) is 18.0 Å². The molecule has 0 spiro atoms. The molecule has 0 bridgehead atoms. The largest absolute Gasteiger partial charge is 0.227 e. The first-order chi connectivity index (χ1) is 15.0. The van der Waals surface area contributed by atoms with Crippen molar-refractivity contribution in [1.82, 2.24) is 0 Å². The summed E-state index contributed by atoms with van der Waals surface area (Å²) >= 11 is 0. The molecule has 0 N–H and O–H groups in total. The smallest absolute Gasteiger partial charge is 0.0225 e. The van der Waals surface area contributed by atoms with Crippen LogP contribution in [-0.2, 0) is 0 Å². The van der Waals surface area contributed by atoms with Gasteiger partial charge in [0.15, 0.2) is 0 Å². The zero-order valence-corrected chi connectivity index (χ0v) is 22.7. The summed E-state index contributed by atoms with van der Waals surface area (Å²) in [5.74, 6) is 0. The molecule has 0 fully saturated rings. The number of rotatable bonds is 6. The van der Waals surface area contributed by atoms with E-state index in [-0.39, 0.29) is 14.6 Å². The third-order valence-corrected chi connectivity index (χ3v) is 9.88. The summed E-state index contributed by atoms with van der Waals surface area (Å²) in [4.78, 5) is 0. The monoisotopic (exact) mass is 442 g/mol. The highest BCUT2D eigenvalue weighted by molar-refractivity contribution is 7.67. The summed E-state index contributed by atoms with van der Waals surface area (Å²) in [5.41, 5.74) is 14.1. The van der Waals surface area contributed by atoms with Crippen LogP contribution in [0, 0.1) is 41.5 Å². The van der Waals surface area contributed by atoms with Crippen LogP contribution in [0.3, 0.4) is 0 Å². The molecule has 0 aliphatic heterocycles. The van der Waals surface area contributed by atoms with E-state index >= 15 is 0 Å². The Bertz CT molecular complexity index is 998. The molecule has 32 heavy (non-hydrogen) atoms. The van der Waals surface area contributed by atoms with Gasteiger partial charge in [-0.25, -0.2) is 16.4 Å². The van der Waals surface area contributed by atoms with Gasteiger partial charge in [0.1, 0.15) is 0 Å². The number of hydrogen-bond acceptors (Lipinski definition) is 0. The van der Waals surface area contributed by atoms with Crippen molar-refractivity contribution in [2.45, 2.75) is 80.6 Å². The molecule has 0 heterocycles. The van der Waals surface area contributed by atoms with Gasteiger partial charge in [-0.05, 0) is 59.6 Å². The Labute approximate surface area is 198 Å². The van der Waals surface area contributed by atoms with Crippen molar-refractivity contribution in [2.24, 2.45) is 0 Å². The van der Waals surface area contributed by atoms with Crippen molar-refractivity contribution in [2.75, 3.05) is 0 Å². The summed E-state index contributed by atoms with van der Waals surface area (Å²) < 4.78 is 0. The fraction of sp³-hybridized carbons (Fsp3) is 0.400. The van der Waals surface area contributed by atoms with Gasteiger partial charge < -0.3 is 0 Å². The van der Waals surface area contributed by atoms with Crippen LogP contribution >= 0.6 is 7.92 Å². The van der Waals surface area contributed by atoms with Gasteiger partial charge in [-0.1, -0.05) is 123 Å². The van der Waals surface area contributed by atoms with Gasteiger partial charge in [0.25, 0.3) is 0 Å². The van der Waals surface area contributed by atoms with Crippen LogP contribution in [0.25, 0.3) is 0 Å². The van der Waals surface area contributed by atoms with Crippen LogP contribution in [0.4, 0.5) is 0 Å². The average molecular weight is 442 g/mol. The molecule has 3 aromatic rings. The van der Waals surface area contributed by atoms with Gasteiger partial charge >= 0.3 is 0 Å². The SMILES string of the molecule is Cc1cc(C)c([B-](c2ccccc2P(C(C)C)C(C)C)c2c(C)cc(C)cc2C)c(C)c1. The van der Waals surface area contributed by atoms with E-state index in [0.717, 1.165) is 0 Å². The van der Waals surface area contributed by atoms with Gasteiger partial charge in [-0.2, -0.15) is 0 Å². The van der Waals surface area contributed by atoms with Crippen molar-refractivity contribution in [3.05, 3.63) is 81.9 Å². The molecule has 0 aliphatic rings. The standard InChI is InChI=1S/C30H40BP/c1-19(2)32(20(3)4)28-14-12-11-13-27(28)31(29-23(7)15-21(5)16-24(29)8)30-25(9)17-22(6)18-26(30)10/h11-20H,1-10H3/q-1. The molecule has 0 unspecified atom stereocenters. The summed E-state index contributed by atoms with van der Waals surface area (Å²) in [7, 11) is -0.259. The van der Waals surface area contributed by atoms with E-state index in [1.807, 2.05) is 0 Å². The molecular formula is C30H40BP-. The lowest BCUT2D eigenvalue weighted by Gasteiger charge is -2.41. The lowest BCUT2D eigenvalue weighted by molar-refractivity contribution is 1.02. The minimum absolute atomic E-state index is 0.259. The van der Waals surface area contributed by atoms with Crippen LogP contribution in [0.1, 0.15) is 61.1 Å². The lowest BCUT2D eigenvalue weighted by atomic mass is 9.34. The van der Waals surface area contributed by atoms with E-state index in [1.54, 1.807) is 5.30 Å². The van der Waals surface area contributed by atoms with E-state index < -0.39 is 0 Å². The Morgan fingerprint density at radius 2 is 0.969 bits per heavy atom. The highest BCUT2D eigenvalue weighted by Crippen LogP contribution is 2.44. The highest BCUT2D eigenvalue weighted by Gasteiger charge is 2.23. The molecule has 169 valence electrons. The first-order valence-corrected chi connectivity index (χ1v) is 13.5. The van der Waals surface area contributed by atoms with Crippen LogP contribution < -0.4 is 21.7 Å². The van der Waals surface area contributed by atoms with Gasteiger partial charge in [-0.15, -0.1) is 0 Å². The molecule has 0 atom stereocenters. The van der Waals surface area contributed by atoms with Gasteiger partial charge in [0, 0.05) is 0 Å². The lowest BCUT2D eigenvalue weighted by Crippen LogP contribution is -2.59. The quantitative estimate of drug-likeness (QED) is 0.326. The highest BCUT2D eigenvalue weighted by atomic mass is 31.1. The maximum Gasteiger partial charge on any atom is -0.0225 e. The second kappa shape index (κ2) is 9.97. The third-order valence-electron chi connectivity index (χ3n) is 6.69. The van der Waals surface area contributed by atoms with Gasteiger partial charge in [-0.3, -0.25) is 0 Å². The molecule has 1 radical (unpaired) electrons. The Balaban J connectivity index is 2.43. The van der Waals surface area contributed by atoms with Crippen molar-refractivity contribution >= 4 is 36.3 Å². The zero-order valence-electron chi connectivity index (χ0n) is 21.8. The van der Waals surface area contributed by atoms with Gasteiger partial charge in [0.2, 0.25) is 0 Å². The van der Waals surface area contributed by atoms with Crippen molar-refractivity contribution in [3.8, 4) is 0 Å². The third kappa shape index (κ3) is 4.89. The van der Waals surface area contributed by atoms with Crippen molar-refractivity contribution in [3.63, 3.8) is 0 Å². The second-order valence-corrected chi connectivity index (χ2v) is 13.6. The Morgan fingerprint density at radius 1 is 0.594 bits per heavy atom. The molecule has 0 aromatic heterocycles. The van der Waals surface area contributed by atoms with Gasteiger partial charge in [0.05, 0.1) is 0 Å². The molecule has 2 heteroatoms. The molecule has 0 saturated heterocycles.